The third kappa shape index (κ3) is 1.87. The average molecular weight is 182 g/mol. The molecule has 0 spiro atoms. The number of nitrogens with zero attached hydrogens (tertiary/aromatic N) is 4. The monoisotopic (exact) mass is 182 g/mol. The first-order valence-corrected chi connectivity index (χ1v) is 4.46. The fourth-order valence-corrected chi connectivity index (χ4v) is 1.62. The van der Waals surface area contributed by atoms with E-state index in [2.05, 4.69) is 15.2 Å². The summed E-state index contributed by atoms with van der Waals surface area (Å²) in [6.45, 7) is 3.11. The summed E-state index contributed by atoms with van der Waals surface area (Å²) in [6, 6.07) is 0. The molecule has 0 amide bonds. The van der Waals surface area contributed by atoms with Gasteiger partial charge < -0.3 is 5.11 Å². The van der Waals surface area contributed by atoms with Crippen LogP contribution in [0.1, 0.15) is 5.69 Å². The minimum Gasteiger partial charge on any atom is -0.396 e. The molecular weight excluding hydrogens is 168 g/mol. The van der Waals surface area contributed by atoms with Crippen molar-refractivity contribution in [2.75, 3.05) is 19.7 Å². The Balaban J connectivity index is 1.81. The molecule has 5 heteroatoms. The average Bonchev–Trinajstić information content (AvgIpc) is 2.43. The highest BCUT2D eigenvalue weighted by Crippen LogP contribution is 2.16. The van der Waals surface area contributed by atoms with Gasteiger partial charge in [0.25, 0.3) is 0 Å². The van der Waals surface area contributed by atoms with Crippen LogP contribution < -0.4 is 0 Å². The molecule has 1 aliphatic heterocycles. The van der Waals surface area contributed by atoms with E-state index in [1.54, 1.807) is 4.68 Å². The summed E-state index contributed by atoms with van der Waals surface area (Å²) in [4.78, 5) is 2.25. The number of aryl methyl sites for hydroxylation is 1. The Morgan fingerprint density at radius 1 is 1.62 bits per heavy atom. The highest BCUT2D eigenvalue weighted by Gasteiger charge is 2.26. The molecule has 1 N–H and O–H groups in total. The molecule has 5 nitrogen and oxygen atoms in total. The summed E-state index contributed by atoms with van der Waals surface area (Å²) in [7, 11) is 1.86. The second-order valence-electron chi connectivity index (χ2n) is 3.63. The van der Waals surface area contributed by atoms with Crippen molar-refractivity contribution in [3.05, 3.63) is 11.9 Å². The lowest BCUT2D eigenvalue weighted by Gasteiger charge is -2.37. The predicted octanol–water partition coefficient (Wildman–Crippen LogP) is -0.761. The van der Waals surface area contributed by atoms with E-state index < -0.39 is 0 Å². The lowest BCUT2D eigenvalue weighted by Crippen LogP contribution is -2.47. The fourth-order valence-electron chi connectivity index (χ4n) is 1.62. The molecule has 0 radical (unpaired) electrons. The van der Waals surface area contributed by atoms with E-state index in [-0.39, 0.29) is 0 Å². The molecule has 1 aromatic heterocycles. The van der Waals surface area contributed by atoms with Crippen LogP contribution in [0.4, 0.5) is 0 Å². The van der Waals surface area contributed by atoms with Crippen LogP contribution in [0.3, 0.4) is 0 Å². The maximum absolute atomic E-state index is 8.82. The van der Waals surface area contributed by atoms with Crippen molar-refractivity contribution in [2.45, 2.75) is 6.54 Å². The Kier molecular flexibility index (Phi) is 2.28. The number of hydrogen-bond donors (Lipinski definition) is 1. The molecule has 13 heavy (non-hydrogen) atoms. The molecular formula is C8H14N4O. The molecule has 2 heterocycles. The Labute approximate surface area is 77.0 Å². The molecule has 1 saturated heterocycles. The Bertz CT molecular complexity index is 279. The van der Waals surface area contributed by atoms with Crippen LogP contribution in [0.15, 0.2) is 6.20 Å². The van der Waals surface area contributed by atoms with Crippen molar-refractivity contribution in [1.29, 1.82) is 0 Å². The molecule has 1 aromatic rings. The zero-order valence-corrected chi connectivity index (χ0v) is 7.72. The van der Waals surface area contributed by atoms with Crippen molar-refractivity contribution >= 4 is 0 Å². The second-order valence-corrected chi connectivity index (χ2v) is 3.63. The van der Waals surface area contributed by atoms with E-state index in [4.69, 9.17) is 5.11 Å². The van der Waals surface area contributed by atoms with E-state index in [1.807, 2.05) is 13.2 Å². The fraction of sp³-hybridized carbons (Fsp3) is 0.750. The molecule has 0 atom stereocenters. The summed E-state index contributed by atoms with van der Waals surface area (Å²) in [5.41, 5.74) is 0.999. The number of aromatic nitrogens is 3. The molecule has 0 bridgehead atoms. The largest absolute Gasteiger partial charge is 0.396 e. The number of rotatable bonds is 3. The van der Waals surface area contributed by atoms with Crippen molar-refractivity contribution in [1.82, 2.24) is 19.9 Å². The maximum atomic E-state index is 8.82. The van der Waals surface area contributed by atoms with E-state index in [9.17, 15) is 0 Å². The Hall–Kier alpha value is -0.940. The van der Waals surface area contributed by atoms with E-state index in [0.29, 0.717) is 12.5 Å². The summed E-state index contributed by atoms with van der Waals surface area (Å²) in [6.07, 6.45) is 1.92. The quantitative estimate of drug-likeness (QED) is 0.667. The summed E-state index contributed by atoms with van der Waals surface area (Å²) >= 11 is 0. The van der Waals surface area contributed by atoms with Crippen molar-refractivity contribution in [3.8, 4) is 0 Å². The minimum absolute atomic E-state index is 0.303. The van der Waals surface area contributed by atoms with Crippen molar-refractivity contribution in [3.63, 3.8) is 0 Å². The molecule has 72 valence electrons. The van der Waals surface area contributed by atoms with Crippen LogP contribution in [0, 0.1) is 5.92 Å². The van der Waals surface area contributed by atoms with Crippen molar-refractivity contribution in [2.24, 2.45) is 13.0 Å². The van der Waals surface area contributed by atoms with Gasteiger partial charge in [-0.2, -0.15) is 0 Å². The van der Waals surface area contributed by atoms with Gasteiger partial charge in [-0.1, -0.05) is 5.21 Å². The molecule has 2 rings (SSSR count). The SMILES string of the molecule is Cn1cc(CN2CC(CO)C2)nn1. The van der Waals surface area contributed by atoms with Crippen LogP contribution in [0.5, 0.6) is 0 Å². The van der Waals surface area contributed by atoms with Crippen LogP contribution >= 0.6 is 0 Å². The van der Waals surface area contributed by atoms with Gasteiger partial charge in [0.1, 0.15) is 0 Å². The zero-order chi connectivity index (χ0) is 9.26. The van der Waals surface area contributed by atoms with Crippen LogP contribution in [0.25, 0.3) is 0 Å². The molecule has 0 unspecified atom stereocenters. The van der Waals surface area contributed by atoms with Gasteiger partial charge in [0.2, 0.25) is 0 Å². The van der Waals surface area contributed by atoms with Gasteiger partial charge in [0.15, 0.2) is 0 Å². The van der Waals surface area contributed by atoms with Crippen LogP contribution in [-0.4, -0.2) is 44.7 Å². The molecule has 0 saturated carbocycles. The number of aliphatic hydroxyl groups is 1. The molecule has 0 aliphatic carbocycles. The third-order valence-corrected chi connectivity index (χ3v) is 2.33. The normalized spacial score (nSPS) is 18.9. The third-order valence-electron chi connectivity index (χ3n) is 2.33. The van der Waals surface area contributed by atoms with Gasteiger partial charge in [-0.05, 0) is 0 Å². The van der Waals surface area contributed by atoms with Crippen molar-refractivity contribution < 1.29 is 5.11 Å². The lowest BCUT2D eigenvalue weighted by molar-refractivity contribution is 0.0469. The van der Waals surface area contributed by atoms with Gasteiger partial charge in [0, 0.05) is 45.4 Å². The Morgan fingerprint density at radius 3 is 2.92 bits per heavy atom. The lowest BCUT2D eigenvalue weighted by atomic mass is 10.0. The molecule has 1 aliphatic rings. The van der Waals surface area contributed by atoms with Gasteiger partial charge in [-0.15, -0.1) is 5.10 Å². The van der Waals surface area contributed by atoms with Crippen LogP contribution in [0.2, 0.25) is 0 Å². The topological polar surface area (TPSA) is 54.2 Å². The maximum Gasteiger partial charge on any atom is 0.0967 e. The zero-order valence-electron chi connectivity index (χ0n) is 7.72. The first-order valence-electron chi connectivity index (χ1n) is 4.46. The standard InChI is InChI=1S/C8H14N4O/c1-11-4-8(9-10-11)5-12-2-7(3-12)6-13/h4,7,13H,2-3,5-6H2,1H3. The van der Waals surface area contributed by atoms with E-state index >= 15 is 0 Å². The molecule has 0 aromatic carbocycles. The van der Waals surface area contributed by atoms with Gasteiger partial charge in [0.05, 0.1) is 5.69 Å². The van der Waals surface area contributed by atoms with Gasteiger partial charge in [-0.25, -0.2) is 0 Å². The number of likely N-dealkylation sites (tertiary alicyclic amines) is 1. The predicted molar refractivity (Wildman–Crippen MR) is 46.9 cm³/mol. The first-order chi connectivity index (χ1) is 6.28. The second kappa shape index (κ2) is 3.43. The van der Waals surface area contributed by atoms with E-state index in [1.165, 1.54) is 0 Å². The summed E-state index contributed by atoms with van der Waals surface area (Å²) in [5.74, 6) is 0.469. The summed E-state index contributed by atoms with van der Waals surface area (Å²) < 4.78 is 1.71. The minimum atomic E-state index is 0.303. The van der Waals surface area contributed by atoms with Gasteiger partial charge in [-0.3, -0.25) is 9.58 Å². The smallest absolute Gasteiger partial charge is 0.0967 e. The highest BCUT2D eigenvalue weighted by atomic mass is 16.3. The summed E-state index contributed by atoms with van der Waals surface area (Å²) in [5, 5.41) is 16.7. The number of hydrogen-bond acceptors (Lipinski definition) is 4. The highest BCUT2D eigenvalue weighted by molar-refractivity contribution is 4.94. The number of aliphatic hydroxyl groups excluding tert-OH is 1. The van der Waals surface area contributed by atoms with E-state index in [0.717, 1.165) is 25.3 Å². The first kappa shape index (κ1) is 8.65. The van der Waals surface area contributed by atoms with Crippen LogP contribution in [-0.2, 0) is 13.6 Å². The molecule has 1 fully saturated rings. The van der Waals surface area contributed by atoms with Gasteiger partial charge >= 0.3 is 0 Å². The Morgan fingerprint density at radius 2 is 2.38 bits per heavy atom.